The molecule has 0 radical (unpaired) electrons. The van der Waals surface area contributed by atoms with E-state index in [-0.39, 0.29) is 0 Å². The summed E-state index contributed by atoms with van der Waals surface area (Å²) in [5.74, 6) is 0. The van der Waals surface area contributed by atoms with Crippen molar-refractivity contribution in [3.63, 3.8) is 0 Å². The Morgan fingerprint density at radius 2 is 1.56 bits per heavy atom. The van der Waals surface area contributed by atoms with Crippen LogP contribution in [0.2, 0.25) is 0 Å². The lowest BCUT2D eigenvalue weighted by Gasteiger charge is -2.15. The zero-order chi connectivity index (χ0) is 11.5. The standard InChI is InChI=1S/C15H16O/c1-11-7-6-10-14(12(11)2)15(16)13-8-4-3-5-9-13/h3-10,15-16H,1-2H3. The van der Waals surface area contributed by atoms with Crippen LogP contribution in [0, 0.1) is 13.8 Å². The first-order valence-corrected chi connectivity index (χ1v) is 5.49. The topological polar surface area (TPSA) is 20.2 Å². The van der Waals surface area contributed by atoms with Crippen molar-refractivity contribution in [2.45, 2.75) is 20.0 Å². The van der Waals surface area contributed by atoms with Gasteiger partial charge in [-0.1, -0.05) is 48.5 Å². The summed E-state index contributed by atoms with van der Waals surface area (Å²) < 4.78 is 0. The first kappa shape index (κ1) is 10.9. The second-order valence-corrected chi connectivity index (χ2v) is 4.10. The minimum Gasteiger partial charge on any atom is -0.384 e. The Labute approximate surface area is 96.4 Å². The van der Waals surface area contributed by atoms with Gasteiger partial charge in [-0.25, -0.2) is 0 Å². The Balaban J connectivity index is 2.42. The zero-order valence-electron chi connectivity index (χ0n) is 9.64. The lowest BCUT2D eigenvalue weighted by Crippen LogP contribution is -2.02. The van der Waals surface area contributed by atoms with E-state index in [2.05, 4.69) is 19.9 Å². The van der Waals surface area contributed by atoms with Crippen molar-refractivity contribution >= 4 is 0 Å². The molecule has 2 aromatic carbocycles. The van der Waals surface area contributed by atoms with Crippen LogP contribution in [0.4, 0.5) is 0 Å². The molecule has 0 spiro atoms. The summed E-state index contributed by atoms with van der Waals surface area (Å²) in [6.07, 6.45) is -0.527. The monoisotopic (exact) mass is 212 g/mol. The van der Waals surface area contributed by atoms with Gasteiger partial charge >= 0.3 is 0 Å². The van der Waals surface area contributed by atoms with Crippen LogP contribution in [0.5, 0.6) is 0 Å². The fraction of sp³-hybridized carbons (Fsp3) is 0.200. The maximum atomic E-state index is 10.3. The van der Waals surface area contributed by atoms with Gasteiger partial charge in [-0.05, 0) is 36.1 Å². The molecule has 1 unspecified atom stereocenters. The lowest BCUT2D eigenvalue weighted by atomic mass is 9.95. The van der Waals surface area contributed by atoms with Gasteiger partial charge in [-0.2, -0.15) is 0 Å². The maximum Gasteiger partial charge on any atom is 0.104 e. The van der Waals surface area contributed by atoms with E-state index < -0.39 is 6.10 Å². The van der Waals surface area contributed by atoms with E-state index in [0.29, 0.717) is 0 Å². The third kappa shape index (κ3) is 2.00. The highest BCUT2D eigenvalue weighted by Crippen LogP contribution is 2.25. The van der Waals surface area contributed by atoms with Crippen LogP contribution in [0.25, 0.3) is 0 Å². The molecular weight excluding hydrogens is 196 g/mol. The van der Waals surface area contributed by atoms with Gasteiger partial charge in [0.2, 0.25) is 0 Å². The molecular formula is C15H16O. The van der Waals surface area contributed by atoms with Crippen LogP contribution < -0.4 is 0 Å². The van der Waals surface area contributed by atoms with E-state index in [9.17, 15) is 5.11 Å². The van der Waals surface area contributed by atoms with E-state index in [4.69, 9.17) is 0 Å². The van der Waals surface area contributed by atoms with Crippen LogP contribution in [0.15, 0.2) is 48.5 Å². The molecule has 0 heterocycles. The average Bonchev–Trinajstić information content (AvgIpc) is 2.33. The second-order valence-electron chi connectivity index (χ2n) is 4.10. The molecule has 0 saturated carbocycles. The molecule has 0 bridgehead atoms. The molecule has 0 aliphatic heterocycles. The predicted octanol–water partition coefficient (Wildman–Crippen LogP) is 3.39. The highest BCUT2D eigenvalue weighted by Gasteiger charge is 2.12. The summed E-state index contributed by atoms with van der Waals surface area (Å²) in [6.45, 7) is 4.12. The molecule has 1 nitrogen and oxygen atoms in total. The van der Waals surface area contributed by atoms with E-state index in [0.717, 1.165) is 11.1 Å². The predicted molar refractivity (Wildman–Crippen MR) is 66.4 cm³/mol. The largest absolute Gasteiger partial charge is 0.384 e. The fourth-order valence-electron chi connectivity index (χ4n) is 1.88. The number of rotatable bonds is 2. The molecule has 0 aliphatic carbocycles. The van der Waals surface area contributed by atoms with Gasteiger partial charge in [0.15, 0.2) is 0 Å². The average molecular weight is 212 g/mol. The van der Waals surface area contributed by atoms with Crippen LogP contribution in [0.1, 0.15) is 28.4 Å². The molecule has 1 N–H and O–H groups in total. The molecule has 0 amide bonds. The SMILES string of the molecule is Cc1cccc(C(O)c2ccccc2)c1C. The van der Waals surface area contributed by atoms with Gasteiger partial charge < -0.3 is 5.11 Å². The normalized spacial score (nSPS) is 12.4. The number of benzene rings is 2. The van der Waals surface area contributed by atoms with Crippen molar-refractivity contribution in [1.29, 1.82) is 0 Å². The van der Waals surface area contributed by atoms with Crippen molar-refractivity contribution in [2.75, 3.05) is 0 Å². The van der Waals surface area contributed by atoms with Gasteiger partial charge in [-0.15, -0.1) is 0 Å². The lowest BCUT2D eigenvalue weighted by molar-refractivity contribution is 0.219. The third-order valence-corrected chi connectivity index (χ3v) is 3.06. The van der Waals surface area contributed by atoms with Crippen molar-refractivity contribution in [1.82, 2.24) is 0 Å². The first-order valence-electron chi connectivity index (χ1n) is 5.49. The molecule has 16 heavy (non-hydrogen) atoms. The third-order valence-electron chi connectivity index (χ3n) is 3.06. The molecule has 2 aromatic rings. The molecule has 82 valence electrons. The Bertz CT molecular complexity index is 474. The van der Waals surface area contributed by atoms with Crippen LogP contribution in [-0.4, -0.2) is 5.11 Å². The van der Waals surface area contributed by atoms with Gasteiger partial charge in [-0.3, -0.25) is 0 Å². The molecule has 2 rings (SSSR count). The number of aliphatic hydroxyl groups excluding tert-OH is 1. The highest BCUT2D eigenvalue weighted by atomic mass is 16.3. The van der Waals surface area contributed by atoms with Crippen LogP contribution >= 0.6 is 0 Å². The number of aliphatic hydroxyl groups is 1. The summed E-state index contributed by atoms with van der Waals surface area (Å²) in [6, 6.07) is 15.8. The van der Waals surface area contributed by atoms with Crippen LogP contribution in [0.3, 0.4) is 0 Å². The summed E-state index contributed by atoms with van der Waals surface area (Å²) >= 11 is 0. The summed E-state index contributed by atoms with van der Waals surface area (Å²) in [5.41, 5.74) is 4.31. The molecule has 0 aliphatic rings. The Hall–Kier alpha value is -1.60. The van der Waals surface area contributed by atoms with Crippen molar-refractivity contribution in [3.05, 3.63) is 70.8 Å². The van der Waals surface area contributed by atoms with E-state index in [1.165, 1.54) is 11.1 Å². The Kier molecular flexibility index (Phi) is 3.07. The van der Waals surface area contributed by atoms with E-state index >= 15 is 0 Å². The van der Waals surface area contributed by atoms with Crippen molar-refractivity contribution < 1.29 is 5.11 Å². The molecule has 1 atom stereocenters. The van der Waals surface area contributed by atoms with Gasteiger partial charge in [0.1, 0.15) is 6.10 Å². The molecule has 0 aromatic heterocycles. The summed E-state index contributed by atoms with van der Waals surface area (Å²) in [5, 5.41) is 10.3. The Morgan fingerprint density at radius 3 is 2.25 bits per heavy atom. The second kappa shape index (κ2) is 4.50. The minimum atomic E-state index is -0.527. The maximum absolute atomic E-state index is 10.3. The number of hydrogen-bond donors (Lipinski definition) is 1. The molecule has 0 saturated heterocycles. The van der Waals surface area contributed by atoms with Gasteiger partial charge in [0, 0.05) is 0 Å². The molecule has 1 heteroatoms. The summed E-state index contributed by atoms with van der Waals surface area (Å²) in [4.78, 5) is 0. The van der Waals surface area contributed by atoms with Gasteiger partial charge in [0.05, 0.1) is 0 Å². The smallest absolute Gasteiger partial charge is 0.104 e. The highest BCUT2D eigenvalue weighted by molar-refractivity contribution is 5.39. The number of aryl methyl sites for hydroxylation is 1. The van der Waals surface area contributed by atoms with E-state index in [1.54, 1.807) is 0 Å². The van der Waals surface area contributed by atoms with Crippen molar-refractivity contribution in [2.24, 2.45) is 0 Å². The quantitative estimate of drug-likeness (QED) is 0.809. The van der Waals surface area contributed by atoms with Crippen LogP contribution in [-0.2, 0) is 0 Å². The molecule has 0 fully saturated rings. The zero-order valence-corrected chi connectivity index (χ0v) is 9.64. The fourth-order valence-corrected chi connectivity index (χ4v) is 1.88. The minimum absolute atomic E-state index is 0.527. The Morgan fingerprint density at radius 1 is 0.875 bits per heavy atom. The number of hydrogen-bond acceptors (Lipinski definition) is 1. The first-order chi connectivity index (χ1) is 7.70. The van der Waals surface area contributed by atoms with E-state index in [1.807, 2.05) is 42.5 Å². The van der Waals surface area contributed by atoms with Crippen molar-refractivity contribution in [3.8, 4) is 0 Å². The summed E-state index contributed by atoms with van der Waals surface area (Å²) in [7, 11) is 0. The van der Waals surface area contributed by atoms with Gasteiger partial charge in [0.25, 0.3) is 0 Å².